The molecule has 34 heavy (non-hydrogen) atoms. The first-order chi connectivity index (χ1) is 16.4. The summed E-state index contributed by atoms with van der Waals surface area (Å²) < 4.78 is 20.2. The van der Waals surface area contributed by atoms with Gasteiger partial charge in [0.15, 0.2) is 4.84 Å². The second-order valence-corrected chi connectivity index (χ2v) is 8.68. The summed E-state index contributed by atoms with van der Waals surface area (Å²) in [6.45, 7) is 1.42. The number of nitrogens with one attached hydrogen (secondary N) is 3. The van der Waals surface area contributed by atoms with Crippen molar-refractivity contribution < 1.29 is 18.7 Å². The summed E-state index contributed by atoms with van der Waals surface area (Å²) >= 11 is 11.0. The number of carbonyl (C=O) groups is 2. The molecular weight excluding hydrogens is 486 g/mol. The van der Waals surface area contributed by atoms with Gasteiger partial charge in [0.25, 0.3) is 5.91 Å². The molecule has 4 rings (SSSR count). The molecular formula is C22H21Cl2FN6O3. The zero-order chi connectivity index (χ0) is 24.1. The Morgan fingerprint density at radius 3 is 2.71 bits per heavy atom. The molecule has 9 nitrogen and oxygen atoms in total. The zero-order valence-electron chi connectivity index (χ0n) is 17.8. The van der Waals surface area contributed by atoms with Crippen LogP contribution in [0.4, 0.5) is 14.9 Å². The van der Waals surface area contributed by atoms with E-state index in [2.05, 4.69) is 26.0 Å². The number of anilines is 1. The van der Waals surface area contributed by atoms with Crippen LogP contribution in [0.25, 0.3) is 11.1 Å². The van der Waals surface area contributed by atoms with Crippen molar-refractivity contribution in [3.8, 4) is 11.1 Å². The van der Waals surface area contributed by atoms with Crippen LogP contribution in [0.15, 0.2) is 48.7 Å². The molecule has 0 saturated carbocycles. The maximum atomic E-state index is 14.9. The molecule has 0 bridgehead atoms. The number of alkyl halides is 2. The van der Waals surface area contributed by atoms with Gasteiger partial charge in [0.05, 0.1) is 30.7 Å². The molecule has 2 aromatic carbocycles. The first kappa shape index (κ1) is 23.9. The number of amides is 2. The van der Waals surface area contributed by atoms with E-state index in [4.69, 9.17) is 27.9 Å². The Bertz CT molecular complexity index is 1140. The average molecular weight is 507 g/mol. The molecule has 1 saturated heterocycles. The van der Waals surface area contributed by atoms with Crippen molar-refractivity contribution in [3.05, 3.63) is 65.7 Å². The van der Waals surface area contributed by atoms with E-state index in [1.807, 2.05) is 24.3 Å². The first-order valence-corrected chi connectivity index (χ1v) is 11.3. The van der Waals surface area contributed by atoms with Crippen LogP contribution in [0.2, 0.25) is 0 Å². The lowest BCUT2D eigenvalue weighted by atomic mass is 10.0. The maximum Gasteiger partial charge on any atom is 0.414 e. The van der Waals surface area contributed by atoms with Gasteiger partial charge in [-0.05, 0) is 29.3 Å². The molecule has 178 valence electrons. The largest absolute Gasteiger partial charge is 0.442 e. The fourth-order valence-electron chi connectivity index (χ4n) is 3.48. The highest BCUT2D eigenvalue weighted by Crippen LogP contribution is 2.29. The number of hydrogen-bond acceptors (Lipinski definition) is 6. The quantitative estimate of drug-likeness (QED) is 0.384. The zero-order valence-corrected chi connectivity index (χ0v) is 19.3. The molecule has 3 aromatic rings. The predicted octanol–water partition coefficient (Wildman–Crippen LogP) is 3.15. The van der Waals surface area contributed by atoms with Gasteiger partial charge in [-0.15, -0.1) is 0 Å². The van der Waals surface area contributed by atoms with E-state index in [0.717, 1.165) is 11.3 Å². The van der Waals surface area contributed by atoms with E-state index >= 15 is 0 Å². The lowest BCUT2D eigenvalue weighted by molar-refractivity contribution is -0.119. The number of carbonyl (C=O) groups excluding carboxylic acids is 2. The van der Waals surface area contributed by atoms with Gasteiger partial charge < -0.3 is 15.4 Å². The molecule has 3 N–H and O–H groups in total. The SMILES string of the molecule is O=C(NC[C@H]1CN(c2ccc(-c3ccc(CNCc4cn[nH]n4)cc3)c(F)c2)C(=O)O1)C(Cl)Cl. The number of aromatic nitrogens is 3. The summed E-state index contributed by atoms with van der Waals surface area (Å²) in [5.41, 5.74) is 3.34. The number of rotatable bonds is 9. The molecule has 1 aliphatic rings. The average Bonchev–Trinajstić information content (AvgIpc) is 3.47. The number of H-pyrrole nitrogens is 1. The number of benzene rings is 2. The summed E-state index contributed by atoms with van der Waals surface area (Å²) in [6, 6.07) is 12.1. The minimum absolute atomic E-state index is 0.0530. The van der Waals surface area contributed by atoms with Gasteiger partial charge in [-0.2, -0.15) is 15.4 Å². The fourth-order valence-corrected chi connectivity index (χ4v) is 3.64. The molecule has 2 heterocycles. The maximum absolute atomic E-state index is 14.9. The molecule has 0 spiro atoms. The van der Waals surface area contributed by atoms with E-state index in [-0.39, 0.29) is 13.1 Å². The Hall–Kier alpha value is -3.21. The van der Waals surface area contributed by atoms with Crippen molar-refractivity contribution in [3.63, 3.8) is 0 Å². The molecule has 1 aliphatic heterocycles. The van der Waals surface area contributed by atoms with Gasteiger partial charge in [-0.1, -0.05) is 47.5 Å². The van der Waals surface area contributed by atoms with Crippen molar-refractivity contribution in [2.45, 2.75) is 24.0 Å². The lowest BCUT2D eigenvalue weighted by Gasteiger charge is -2.15. The van der Waals surface area contributed by atoms with Crippen molar-refractivity contribution in [1.29, 1.82) is 0 Å². The Balaban J connectivity index is 1.36. The van der Waals surface area contributed by atoms with Crippen LogP contribution in [-0.4, -0.2) is 51.4 Å². The summed E-state index contributed by atoms with van der Waals surface area (Å²) in [6.07, 6.45) is 0.429. The second-order valence-electron chi connectivity index (χ2n) is 7.59. The molecule has 0 unspecified atom stereocenters. The van der Waals surface area contributed by atoms with E-state index in [9.17, 15) is 14.0 Å². The van der Waals surface area contributed by atoms with Crippen LogP contribution >= 0.6 is 23.2 Å². The Morgan fingerprint density at radius 1 is 1.24 bits per heavy atom. The molecule has 1 fully saturated rings. The number of halogens is 3. The molecule has 0 radical (unpaired) electrons. The predicted molar refractivity (Wildman–Crippen MR) is 125 cm³/mol. The third-order valence-electron chi connectivity index (χ3n) is 5.21. The Labute approximate surface area is 204 Å². The molecule has 1 aromatic heterocycles. The standard InChI is InChI=1S/C22H21Cl2FN6O3/c23-20(24)21(32)27-11-17-12-31(22(33)34-17)16-5-6-18(19(25)7-16)14-3-1-13(2-4-14)8-26-9-15-10-28-30-29-15/h1-7,10,17,20,26H,8-9,11-12H2,(H,27,32)(H,28,29,30)/t17-/m0/s1. The highest BCUT2D eigenvalue weighted by molar-refractivity contribution is 6.53. The van der Waals surface area contributed by atoms with Gasteiger partial charge >= 0.3 is 6.09 Å². The van der Waals surface area contributed by atoms with Crippen molar-refractivity contribution >= 4 is 40.9 Å². The van der Waals surface area contributed by atoms with Crippen LogP contribution in [0.1, 0.15) is 11.3 Å². The minimum atomic E-state index is -1.21. The number of nitrogens with zero attached hydrogens (tertiary/aromatic N) is 3. The summed E-state index contributed by atoms with van der Waals surface area (Å²) in [4.78, 5) is 23.8. The van der Waals surface area contributed by atoms with Crippen LogP contribution in [0.3, 0.4) is 0 Å². The number of aromatic amines is 1. The summed E-state index contributed by atoms with van der Waals surface area (Å²) in [5, 5.41) is 16.0. The van der Waals surface area contributed by atoms with E-state index in [1.165, 1.54) is 11.0 Å². The molecule has 0 aliphatic carbocycles. The van der Waals surface area contributed by atoms with Crippen LogP contribution in [0, 0.1) is 5.82 Å². The third-order valence-corrected chi connectivity index (χ3v) is 5.60. The molecule has 2 amide bonds. The van der Waals surface area contributed by atoms with Crippen molar-refractivity contribution in [2.24, 2.45) is 0 Å². The highest BCUT2D eigenvalue weighted by Gasteiger charge is 2.33. The van der Waals surface area contributed by atoms with Gasteiger partial charge in [-0.25, -0.2) is 9.18 Å². The Kier molecular flexibility index (Phi) is 7.61. The van der Waals surface area contributed by atoms with Crippen molar-refractivity contribution in [2.75, 3.05) is 18.0 Å². The number of hydrogen-bond donors (Lipinski definition) is 3. The summed E-state index contributed by atoms with van der Waals surface area (Å²) in [5.74, 6) is -1.05. The smallest absolute Gasteiger partial charge is 0.414 e. The van der Waals surface area contributed by atoms with Gasteiger partial charge in [0, 0.05) is 18.7 Å². The molecule has 1 atom stereocenters. The second kappa shape index (κ2) is 10.8. The monoisotopic (exact) mass is 506 g/mol. The van der Waals surface area contributed by atoms with Gasteiger partial charge in [0.2, 0.25) is 0 Å². The van der Waals surface area contributed by atoms with Crippen molar-refractivity contribution in [1.82, 2.24) is 26.0 Å². The van der Waals surface area contributed by atoms with Crippen LogP contribution in [0.5, 0.6) is 0 Å². The van der Waals surface area contributed by atoms with Crippen LogP contribution < -0.4 is 15.5 Å². The Morgan fingerprint density at radius 2 is 2.03 bits per heavy atom. The van der Waals surface area contributed by atoms with Gasteiger partial charge in [-0.3, -0.25) is 9.69 Å². The van der Waals surface area contributed by atoms with Gasteiger partial charge in [0.1, 0.15) is 11.9 Å². The lowest BCUT2D eigenvalue weighted by Crippen LogP contribution is -2.37. The third kappa shape index (κ3) is 5.82. The van der Waals surface area contributed by atoms with E-state index < -0.39 is 28.8 Å². The fraction of sp³-hybridized carbons (Fsp3) is 0.273. The highest BCUT2D eigenvalue weighted by atomic mass is 35.5. The number of cyclic esters (lactones) is 1. The van der Waals surface area contributed by atoms with Crippen LogP contribution in [-0.2, 0) is 22.6 Å². The van der Waals surface area contributed by atoms with E-state index in [0.29, 0.717) is 29.9 Å². The normalized spacial score (nSPS) is 15.6. The number of ether oxygens (including phenoxy) is 1. The summed E-state index contributed by atoms with van der Waals surface area (Å²) in [7, 11) is 0. The topological polar surface area (TPSA) is 112 Å². The first-order valence-electron chi connectivity index (χ1n) is 10.4. The molecule has 12 heteroatoms. The van der Waals surface area contributed by atoms with E-state index in [1.54, 1.807) is 18.3 Å². The minimum Gasteiger partial charge on any atom is -0.442 e.